The van der Waals surface area contributed by atoms with Crippen molar-refractivity contribution in [2.45, 2.75) is 63.5 Å². The third-order valence-electron chi connectivity index (χ3n) is 7.06. The maximum Gasteiger partial charge on any atom is 0.116 e. The van der Waals surface area contributed by atoms with Gasteiger partial charge in [-0.3, -0.25) is 0 Å². The van der Waals surface area contributed by atoms with Gasteiger partial charge in [0.15, 0.2) is 0 Å². The van der Waals surface area contributed by atoms with Crippen molar-refractivity contribution in [3.63, 3.8) is 0 Å². The molecular weight excluding hydrogens is 372 g/mol. The molecule has 2 aromatic rings. The smallest absolute Gasteiger partial charge is 0.116 e. The summed E-state index contributed by atoms with van der Waals surface area (Å²) in [5.74, 6) is 0.725. The molecular formula is C26H30N2O2. The predicted octanol–water partition coefficient (Wildman–Crippen LogP) is 4.43. The number of aromatic hydroxyl groups is 2. The second kappa shape index (κ2) is 7.60. The minimum Gasteiger partial charge on any atom is -0.508 e. The molecule has 0 saturated heterocycles. The van der Waals surface area contributed by atoms with Gasteiger partial charge >= 0.3 is 0 Å². The standard InChI is InChI=1S/2C13H15NO/c2*14-10-3-1-8-5-9-2-4-11(15)7-13(9)12(8)6-10/h2*2,4,7,10,15H,1,3,5-6,14H2/t2*10-/m10/s1. The molecule has 0 saturated carbocycles. The summed E-state index contributed by atoms with van der Waals surface area (Å²) in [7, 11) is 0. The van der Waals surface area contributed by atoms with Crippen molar-refractivity contribution in [2.24, 2.45) is 11.5 Å². The van der Waals surface area contributed by atoms with Crippen molar-refractivity contribution in [1.29, 1.82) is 0 Å². The molecule has 4 nitrogen and oxygen atoms in total. The number of phenols is 2. The Morgan fingerprint density at radius 2 is 1.10 bits per heavy atom. The van der Waals surface area contributed by atoms with Crippen LogP contribution in [0.4, 0.5) is 0 Å². The van der Waals surface area contributed by atoms with E-state index in [-0.39, 0.29) is 0 Å². The molecule has 6 N–H and O–H groups in total. The van der Waals surface area contributed by atoms with Gasteiger partial charge in [0.05, 0.1) is 0 Å². The molecule has 156 valence electrons. The highest BCUT2D eigenvalue weighted by molar-refractivity contribution is 5.79. The first-order valence-corrected chi connectivity index (χ1v) is 11.1. The maximum atomic E-state index is 9.50. The van der Waals surface area contributed by atoms with Crippen molar-refractivity contribution in [3.8, 4) is 11.5 Å². The number of hydrogen-bond acceptors (Lipinski definition) is 4. The number of hydrogen-bond donors (Lipinski definition) is 4. The van der Waals surface area contributed by atoms with Crippen LogP contribution in [0.2, 0.25) is 0 Å². The van der Waals surface area contributed by atoms with E-state index < -0.39 is 0 Å². The van der Waals surface area contributed by atoms with Gasteiger partial charge in [-0.1, -0.05) is 23.3 Å². The van der Waals surface area contributed by atoms with E-state index in [1.165, 1.54) is 44.5 Å². The molecule has 6 rings (SSSR count). The molecule has 4 heteroatoms. The first-order valence-electron chi connectivity index (χ1n) is 11.1. The van der Waals surface area contributed by atoms with E-state index in [1.54, 1.807) is 12.1 Å². The Morgan fingerprint density at radius 1 is 0.667 bits per heavy atom. The number of phenolic OH excluding ortho intramolecular Hbond substituents is 2. The van der Waals surface area contributed by atoms with Crippen LogP contribution in [0.1, 0.15) is 60.8 Å². The normalized spacial score (nSPS) is 23.9. The van der Waals surface area contributed by atoms with Gasteiger partial charge in [0.2, 0.25) is 0 Å². The van der Waals surface area contributed by atoms with Gasteiger partial charge in [0, 0.05) is 12.1 Å². The van der Waals surface area contributed by atoms with Crippen molar-refractivity contribution >= 4 is 11.1 Å². The van der Waals surface area contributed by atoms with Crippen LogP contribution >= 0.6 is 0 Å². The van der Waals surface area contributed by atoms with Gasteiger partial charge < -0.3 is 21.7 Å². The average Bonchev–Trinajstić information content (AvgIpc) is 3.26. The lowest BCUT2D eigenvalue weighted by Crippen LogP contribution is -2.23. The monoisotopic (exact) mass is 402 g/mol. The molecule has 0 aliphatic heterocycles. The van der Waals surface area contributed by atoms with E-state index in [0.717, 1.165) is 51.4 Å². The Morgan fingerprint density at radius 3 is 1.53 bits per heavy atom. The first kappa shape index (κ1) is 19.4. The van der Waals surface area contributed by atoms with Crippen LogP contribution in [-0.2, 0) is 12.8 Å². The third kappa shape index (κ3) is 3.55. The van der Waals surface area contributed by atoms with Crippen LogP contribution < -0.4 is 11.5 Å². The van der Waals surface area contributed by atoms with Crippen LogP contribution in [0.5, 0.6) is 11.5 Å². The largest absolute Gasteiger partial charge is 0.508 e. The summed E-state index contributed by atoms with van der Waals surface area (Å²) in [5, 5.41) is 19.0. The Labute approximate surface area is 177 Å². The van der Waals surface area contributed by atoms with Crippen molar-refractivity contribution in [2.75, 3.05) is 0 Å². The molecule has 0 bridgehead atoms. The molecule has 0 heterocycles. The fourth-order valence-corrected chi connectivity index (χ4v) is 5.49. The highest BCUT2D eigenvalue weighted by Gasteiger charge is 2.27. The summed E-state index contributed by atoms with van der Waals surface area (Å²) in [6, 6.07) is 12.0. The number of fused-ring (bicyclic) bond motifs is 4. The van der Waals surface area contributed by atoms with Crippen molar-refractivity contribution in [1.82, 2.24) is 0 Å². The van der Waals surface area contributed by atoms with Gasteiger partial charge in [-0.25, -0.2) is 0 Å². The lowest BCUT2D eigenvalue weighted by molar-refractivity contribution is 0.474. The van der Waals surface area contributed by atoms with Crippen molar-refractivity contribution < 1.29 is 10.2 Å². The van der Waals surface area contributed by atoms with Gasteiger partial charge in [-0.05, 0) is 109 Å². The molecule has 2 aromatic carbocycles. The van der Waals surface area contributed by atoms with Gasteiger partial charge in [-0.2, -0.15) is 0 Å². The van der Waals surface area contributed by atoms with Crippen LogP contribution in [0.15, 0.2) is 47.5 Å². The molecule has 30 heavy (non-hydrogen) atoms. The molecule has 0 unspecified atom stereocenters. The molecule has 4 aliphatic rings. The van der Waals surface area contributed by atoms with E-state index in [2.05, 4.69) is 0 Å². The summed E-state index contributed by atoms with van der Waals surface area (Å²) in [6.45, 7) is 0. The van der Waals surface area contributed by atoms with Gasteiger partial charge in [0.1, 0.15) is 11.5 Å². The second-order valence-corrected chi connectivity index (χ2v) is 9.21. The Hall–Kier alpha value is -2.56. The fourth-order valence-electron chi connectivity index (χ4n) is 5.49. The average molecular weight is 403 g/mol. The maximum absolute atomic E-state index is 9.50. The van der Waals surface area contributed by atoms with Gasteiger partial charge in [-0.15, -0.1) is 0 Å². The Bertz CT molecular complexity index is 981. The lowest BCUT2D eigenvalue weighted by Gasteiger charge is -2.20. The highest BCUT2D eigenvalue weighted by atomic mass is 16.3. The molecule has 0 amide bonds. The quantitative estimate of drug-likeness (QED) is 0.525. The van der Waals surface area contributed by atoms with Crippen LogP contribution in [0.25, 0.3) is 11.1 Å². The summed E-state index contributed by atoms with van der Waals surface area (Å²) in [4.78, 5) is 0. The number of benzene rings is 2. The lowest BCUT2D eigenvalue weighted by atomic mass is 9.89. The first-order chi connectivity index (χ1) is 14.5. The Kier molecular flexibility index (Phi) is 4.92. The minimum atomic E-state index is 0.303. The number of allylic oxidation sites excluding steroid dienone is 2. The van der Waals surface area contributed by atoms with E-state index in [1.807, 2.05) is 24.3 Å². The predicted molar refractivity (Wildman–Crippen MR) is 121 cm³/mol. The zero-order valence-corrected chi connectivity index (χ0v) is 17.3. The zero-order valence-electron chi connectivity index (χ0n) is 17.3. The molecule has 4 aliphatic carbocycles. The zero-order chi connectivity index (χ0) is 20.8. The second-order valence-electron chi connectivity index (χ2n) is 9.21. The Balaban J connectivity index is 0.000000128. The molecule has 0 spiro atoms. The van der Waals surface area contributed by atoms with Crippen LogP contribution in [0.3, 0.4) is 0 Å². The highest BCUT2D eigenvalue weighted by Crippen LogP contribution is 2.43. The molecule has 0 aromatic heterocycles. The summed E-state index contributed by atoms with van der Waals surface area (Å²) in [5.41, 5.74) is 23.0. The SMILES string of the molecule is N[C@@H]1CCC2=C(C1)c1cc(O)ccc1C2.N[C@H]1CCC2=C(C1)c1cc(O)ccc1C2. The summed E-state index contributed by atoms with van der Waals surface area (Å²) >= 11 is 0. The fraction of sp³-hybridized carbons (Fsp3) is 0.385. The van der Waals surface area contributed by atoms with E-state index in [4.69, 9.17) is 11.5 Å². The van der Waals surface area contributed by atoms with Crippen LogP contribution in [0, 0.1) is 0 Å². The molecule has 0 radical (unpaired) electrons. The number of rotatable bonds is 0. The summed E-state index contributed by atoms with van der Waals surface area (Å²) in [6.07, 6.45) is 8.57. The van der Waals surface area contributed by atoms with E-state index >= 15 is 0 Å². The van der Waals surface area contributed by atoms with E-state index in [0.29, 0.717) is 23.6 Å². The van der Waals surface area contributed by atoms with Crippen LogP contribution in [-0.4, -0.2) is 22.3 Å². The topological polar surface area (TPSA) is 92.5 Å². The van der Waals surface area contributed by atoms with E-state index in [9.17, 15) is 10.2 Å². The third-order valence-corrected chi connectivity index (χ3v) is 7.06. The molecule has 0 fully saturated rings. The summed E-state index contributed by atoms with van der Waals surface area (Å²) < 4.78 is 0. The van der Waals surface area contributed by atoms with Gasteiger partial charge in [0.25, 0.3) is 0 Å². The molecule has 2 atom stereocenters. The number of nitrogens with two attached hydrogens (primary N) is 2. The minimum absolute atomic E-state index is 0.303. The van der Waals surface area contributed by atoms with Crippen molar-refractivity contribution in [3.05, 3.63) is 69.8 Å².